The molecular weight excluding hydrogens is 244 g/mol. The molecule has 1 N–H and O–H groups in total. The summed E-state index contributed by atoms with van der Waals surface area (Å²) in [6, 6.07) is 7.27. The number of benzene rings is 1. The number of rotatable bonds is 7. The number of hydrogen-bond acceptors (Lipinski definition) is 4. The Balaban J connectivity index is 2.33. The number of para-hydroxylation sites is 2. The highest BCUT2D eigenvalue weighted by Gasteiger charge is 2.13. The van der Waals surface area contributed by atoms with Crippen LogP contribution in [0.25, 0.3) is 0 Å². The number of likely N-dealkylation sites (N-methyl/N-ethyl adjacent to an activating group) is 1. The average Bonchev–Trinajstić information content (AvgIpc) is 2.42. The standard InChI is InChI=1S/C14H22N2O3/c1-11(14(17)16(2)3)15-9-10-19-13-8-6-5-7-12(13)18-4/h5-8,11,15H,9-10H2,1-4H3. The van der Waals surface area contributed by atoms with Crippen molar-refractivity contribution >= 4 is 5.91 Å². The van der Waals surface area contributed by atoms with Crippen molar-refractivity contribution in [3.8, 4) is 11.5 Å². The van der Waals surface area contributed by atoms with Crippen molar-refractivity contribution in [2.24, 2.45) is 0 Å². The van der Waals surface area contributed by atoms with Crippen LogP contribution in [0.2, 0.25) is 0 Å². The van der Waals surface area contributed by atoms with Gasteiger partial charge in [-0.2, -0.15) is 0 Å². The molecule has 5 nitrogen and oxygen atoms in total. The molecule has 0 aliphatic heterocycles. The fraction of sp³-hybridized carbons (Fsp3) is 0.500. The predicted molar refractivity (Wildman–Crippen MR) is 74.6 cm³/mol. The van der Waals surface area contributed by atoms with Gasteiger partial charge in [0.2, 0.25) is 5.91 Å². The Morgan fingerprint density at radius 3 is 2.53 bits per heavy atom. The molecule has 0 heterocycles. The van der Waals surface area contributed by atoms with Crippen molar-refractivity contribution in [2.75, 3.05) is 34.4 Å². The predicted octanol–water partition coefficient (Wildman–Crippen LogP) is 1.14. The van der Waals surface area contributed by atoms with Gasteiger partial charge in [0.15, 0.2) is 11.5 Å². The van der Waals surface area contributed by atoms with Gasteiger partial charge in [-0.15, -0.1) is 0 Å². The first-order valence-electron chi connectivity index (χ1n) is 6.26. The number of carbonyl (C=O) groups is 1. The minimum absolute atomic E-state index is 0.0530. The lowest BCUT2D eigenvalue weighted by Gasteiger charge is -2.18. The molecule has 1 amide bonds. The fourth-order valence-corrected chi connectivity index (χ4v) is 1.65. The van der Waals surface area contributed by atoms with E-state index in [1.54, 1.807) is 26.1 Å². The molecule has 0 spiro atoms. The quantitative estimate of drug-likeness (QED) is 0.752. The minimum Gasteiger partial charge on any atom is -0.493 e. The van der Waals surface area contributed by atoms with Gasteiger partial charge in [0.05, 0.1) is 13.2 Å². The summed E-state index contributed by atoms with van der Waals surface area (Å²) in [5.74, 6) is 1.47. The summed E-state index contributed by atoms with van der Waals surface area (Å²) < 4.78 is 10.8. The Bertz CT molecular complexity index is 407. The maximum atomic E-state index is 11.6. The highest BCUT2D eigenvalue weighted by Crippen LogP contribution is 2.25. The second-order valence-corrected chi connectivity index (χ2v) is 4.41. The monoisotopic (exact) mass is 266 g/mol. The summed E-state index contributed by atoms with van der Waals surface area (Å²) in [4.78, 5) is 13.2. The SMILES string of the molecule is COc1ccccc1OCCNC(C)C(=O)N(C)C. The molecule has 0 fully saturated rings. The van der Waals surface area contributed by atoms with E-state index >= 15 is 0 Å². The van der Waals surface area contributed by atoms with Crippen LogP contribution in [-0.2, 0) is 4.79 Å². The molecule has 1 aromatic rings. The first-order valence-corrected chi connectivity index (χ1v) is 6.26. The molecule has 0 aliphatic carbocycles. The van der Waals surface area contributed by atoms with Crippen LogP contribution in [0.1, 0.15) is 6.92 Å². The van der Waals surface area contributed by atoms with E-state index in [-0.39, 0.29) is 11.9 Å². The van der Waals surface area contributed by atoms with Crippen LogP contribution < -0.4 is 14.8 Å². The first-order chi connectivity index (χ1) is 9.06. The summed E-state index contributed by atoms with van der Waals surface area (Å²) in [6.07, 6.45) is 0. The van der Waals surface area contributed by atoms with Crippen molar-refractivity contribution in [3.05, 3.63) is 24.3 Å². The molecule has 106 valence electrons. The van der Waals surface area contributed by atoms with E-state index in [4.69, 9.17) is 9.47 Å². The van der Waals surface area contributed by atoms with Crippen LogP contribution in [0.5, 0.6) is 11.5 Å². The van der Waals surface area contributed by atoms with Gasteiger partial charge in [-0.05, 0) is 19.1 Å². The summed E-state index contributed by atoms with van der Waals surface area (Å²) in [5, 5.41) is 3.11. The van der Waals surface area contributed by atoms with Gasteiger partial charge in [0, 0.05) is 20.6 Å². The number of hydrogen-bond donors (Lipinski definition) is 1. The molecule has 19 heavy (non-hydrogen) atoms. The van der Waals surface area contributed by atoms with E-state index in [0.717, 1.165) is 0 Å². The molecule has 1 rings (SSSR count). The van der Waals surface area contributed by atoms with Crippen LogP contribution in [0.4, 0.5) is 0 Å². The van der Waals surface area contributed by atoms with Crippen molar-refractivity contribution in [1.29, 1.82) is 0 Å². The lowest BCUT2D eigenvalue weighted by Crippen LogP contribution is -2.42. The van der Waals surface area contributed by atoms with Crippen LogP contribution in [0.15, 0.2) is 24.3 Å². The lowest BCUT2D eigenvalue weighted by molar-refractivity contribution is -0.130. The number of ether oxygens (including phenoxy) is 2. The average molecular weight is 266 g/mol. The maximum Gasteiger partial charge on any atom is 0.238 e. The molecule has 1 aromatic carbocycles. The molecule has 0 aliphatic rings. The normalized spacial score (nSPS) is 11.8. The van der Waals surface area contributed by atoms with Crippen molar-refractivity contribution in [1.82, 2.24) is 10.2 Å². The zero-order chi connectivity index (χ0) is 14.3. The topological polar surface area (TPSA) is 50.8 Å². The molecule has 1 unspecified atom stereocenters. The molecule has 0 bridgehead atoms. The van der Waals surface area contributed by atoms with Crippen molar-refractivity contribution in [2.45, 2.75) is 13.0 Å². The van der Waals surface area contributed by atoms with E-state index in [9.17, 15) is 4.79 Å². The highest BCUT2D eigenvalue weighted by atomic mass is 16.5. The van der Waals surface area contributed by atoms with Crippen LogP contribution >= 0.6 is 0 Å². The van der Waals surface area contributed by atoms with E-state index in [2.05, 4.69) is 5.32 Å². The zero-order valence-corrected chi connectivity index (χ0v) is 12.0. The largest absolute Gasteiger partial charge is 0.493 e. The van der Waals surface area contributed by atoms with Gasteiger partial charge in [0.25, 0.3) is 0 Å². The van der Waals surface area contributed by atoms with Crippen molar-refractivity contribution < 1.29 is 14.3 Å². The third-order valence-electron chi connectivity index (χ3n) is 2.69. The third-order valence-corrected chi connectivity index (χ3v) is 2.69. The van der Waals surface area contributed by atoms with E-state index in [1.165, 1.54) is 0 Å². The number of nitrogens with zero attached hydrogens (tertiary/aromatic N) is 1. The van der Waals surface area contributed by atoms with Gasteiger partial charge < -0.3 is 19.7 Å². The molecular formula is C14H22N2O3. The number of nitrogens with one attached hydrogen (secondary N) is 1. The summed E-state index contributed by atoms with van der Waals surface area (Å²) >= 11 is 0. The second kappa shape index (κ2) is 7.63. The van der Waals surface area contributed by atoms with Gasteiger partial charge >= 0.3 is 0 Å². The van der Waals surface area contributed by atoms with E-state index in [0.29, 0.717) is 24.7 Å². The van der Waals surface area contributed by atoms with Gasteiger partial charge in [-0.3, -0.25) is 4.79 Å². The van der Waals surface area contributed by atoms with Crippen LogP contribution in [0, 0.1) is 0 Å². The lowest BCUT2D eigenvalue weighted by atomic mass is 10.3. The fourth-order valence-electron chi connectivity index (χ4n) is 1.65. The van der Waals surface area contributed by atoms with Gasteiger partial charge in [0.1, 0.15) is 6.61 Å². The number of amides is 1. The number of methoxy groups -OCH3 is 1. The summed E-state index contributed by atoms with van der Waals surface area (Å²) in [7, 11) is 5.09. The molecule has 0 saturated heterocycles. The van der Waals surface area contributed by atoms with Crippen molar-refractivity contribution in [3.63, 3.8) is 0 Å². The Morgan fingerprint density at radius 2 is 1.95 bits per heavy atom. The second-order valence-electron chi connectivity index (χ2n) is 4.41. The van der Waals surface area contributed by atoms with Crippen LogP contribution in [0.3, 0.4) is 0 Å². The molecule has 0 radical (unpaired) electrons. The molecule has 5 heteroatoms. The van der Waals surface area contributed by atoms with E-state index < -0.39 is 0 Å². The Hall–Kier alpha value is -1.75. The highest BCUT2D eigenvalue weighted by molar-refractivity contribution is 5.80. The summed E-state index contributed by atoms with van der Waals surface area (Å²) in [6.45, 7) is 2.91. The van der Waals surface area contributed by atoms with Gasteiger partial charge in [-0.1, -0.05) is 12.1 Å². The minimum atomic E-state index is -0.212. The first kappa shape index (κ1) is 15.3. The third kappa shape index (κ3) is 4.79. The Morgan fingerprint density at radius 1 is 1.32 bits per heavy atom. The molecule has 0 aromatic heterocycles. The molecule has 1 atom stereocenters. The van der Waals surface area contributed by atoms with E-state index in [1.807, 2.05) is 31.2 Å². The smallest absolute Gasteiger partial charge is 0.238 e. The summed E-state index contributed by atoms with van der Waals surface area (Å²) in [5.41, 5.74) is 0. The van der Waals surface area contributed by atoms with Gasteiger partial charge in [-0.25, -0.2) is 0 Å². The Labute approximate surface area is 114 Å². The Kier molecular flexibility index (Phi) is 6.15. The van der Waals surface area contributed by atoms with Crippen LogP contribution in [-0.4, -0.2) is 51.2 Å². The number of carbonyl (C=O) groups excluding carboxylic acids is 1. The molecule has 0 saturated carbocycles. The zero-order valence-electron chi connectivity index (χ0n) is 12.0. The maximum absolute atomic E-state index is 11.6.